The summed E-state index contributed by atoms with van der Waals surface area (Å²) < 4.78 is 0. The van der Waals surface area contributed by atoms with E-state index >= 15 is 0 Å². The molecule has 0 radical (unpaired) electrons. The minimum atomic E-state index is -0.745. The molecule has 0 unspecified atom stereocenters. The van der Waals surface area contributed by atoms with Gasteiger partial charge >= 0.3 is 5.97 Å². The Morgan fingerprint density at radius 1 is 1.35 bits per heavy atom. The van der Waals surface area contributed by atoms with Crippen molar-refractivity contribution >= 4 is 35.0 Å². The molecule has 2 heterocycles. The van der Waals surface area contributed by atoms with E-state index in [0.717, 1.165) is 29.2 Å². The van der Waals surface area contributed by atoms with Crippen molar-refractivity contribution in [3.63, 3.8) is 0 Å². The highest BCUT2D eigenvalue weighted by molar-refractivity contribution is 7.98. The number of amides is 1. The first-order valence-corrected chi connectivity index (χ1v) is 8.83. The van der Waals surface area contributed by atoms with Crippen LogP contribution in [0.3, 0.4) is 0 Å². The Morgan fingerprint density at radius 3 is 2.90 bits per heavy atom. The monoisotopic (exact) mass is 311 g/mol. The second kappa shape index (κ2) is 5.77. The molecule has 1 amide bonds. The highest BCUT2D eigenvalue weighted by Crippen LogP contribution is 2.32. The SMILES string of the molecule is O=C(N[C@H]1CC[C@@H](C(=O)O)C1)c1cc2c(s1)CCSC2. The van der Waals surface area contributed by atoms with Gasteiger partial charge in [0.05, 0.1) is 10.8 Å². The van der Waals surface area contributed by atoms with Gasteiger partial charge in [-0.1, -0.05) is 0 Å². The third-order valence-corrected chi connectivity index (χ3v) is 6.21. The van der Waals surface area contributed by atoms with E-state index in [2.05, 4.69) is 5.32 Å². The van der Waals surface area contributed by atoms with Crippen molar-refractivity contribution in [3.8, 4) is 0 Å². The third-order valence-electron chi connectivity index (χ3n) is 3.97. The van der Waals surface area contributed by atoms with Crippen molar-refractivity contribution in [1.82, 2.24) is 5.32 Å². The molecule has 3 rings (SSSR count). The molecule has 0 saturated heterocycles. The number of carboxylic acids is 1. The first-order valence-electron chi connectivity index (χ1n) is 6.86. The van der Waals surface area contributed by atoms with Crippen molar-refractivity contribution in [2.75, 3.05) is 5.75 Å². The number of rotatable bonds is 3. The number of carbonyl (C=O) groups excluding carboxylic acids is 1. The standard InChI is InChI=1S/C14H17NO3S2/c16-13(15-10-2-1-8(5-10)14(17)18)12-6-9-7-19-4-3-11(9)20-12/h6,8,10H,1-5,7H2,(H,15,16)(H,17,18)/t8-,10+/m1/s1. The topological polar surface area (TPSA) is 66.4 Å². The van der Waals surface area contributed by atoms with Gasteiger partial charge in [0.25, 0.3) is 5.91 Å². The van der Waals surface area contributed by atoms with Crippen LogP contribution in [0.5, 0.6) is 0 Å². The van der Waals surface area contributed by atoms with Crippen molar-refractivity contribution in [2.45, 2.75) is 37.5 Å². The molecule has 0 bridgehead atoms. The number of carbonyl (C=O) groups is 2. The summed E-state index contributed by atoms with van der Waals surface area (Å²) in [6.45, 7) is 0. The second-order valence-electron chi connectivity index (χ2n) is 5.38. The molecule has 6 heteroatoms. The lowest BCUT2D eigenvalue weighted by Crippen LogP contribution is -2.32. The molecule has 1 aliphatic heterocycles. The summed E-state index contributed by atoms with van der Waals surface area (Å²) in [6, 6.07) is 2.02. The molecular formula is C14H17NO3S2. The molecule has 1 aliphatic carbocycles. The number of aryl methyl sites for hydroxylation is 1. The van der Waals surface area contributed by atoms with Gasteiger partial charge in [-0.25, -0.2) is 0 Å². The number of fused-ring (bicyclic) bond motifs is 1. The molecule has 1 aromatic heterocycles. The van der Waals surface area contributed by atoms with Crippen LogP contribution in [0.25, 0.3) is 0 Å². The molecule has 1 fully saturated rings. The maximum atomic E-state index is 12.2. The van der Waals surface area contributed by atoms with Crippen molar-refractivity contribution in [3.05, 3.63) is 21.4 Å². The Kier molecular flexibility index (Phi) is 4.03. The van der Waals surface area contributed by atoms with Crippen molar-refractivity contribution in [2.24, 2.45) is 5.92 Å². The minimum absolute atomic E-state index is 0.0112. The van der Waals surface area contributed by atoms with Gasteiger partial charge < -0.3 is 10.4 Å². The average Bonchev–Trinajstić information content (AvgIpc) is 3.04. The summed E-state index contributed by atoms with van der Waals surface area (Å²) in [7, 11) is 0. The largest absolute Gasteiger partial charge is 0.481 e. The first kappa shape index (κ1) is 13.9. The summed E-state index contributed by atoms with van der Waals surface area (Å²) >= 11 is 3.50. The number of carboxylic acid groups (broad SMARTS) is 1. The van der Waals surface area contributed by atoms with Crippen LogP contribution in [0.1, 0.15) is 39.4 Å². The zero-order chi connectivity index (χ0) is 14.1. The van der Waals surface area contributed by atoms with Gasteiger partial charge in [0, 0.05) is 16.7 Å². The minimum Gasteiger partial charge on any atom is -0.481 e. The van der Waals surface area contributed by atoms with E-state index in [1.54, 1.807) is 11.3 Å². The van der Waals surface area contributed by atoms with Gasteiger partial charge in [-0.3, -0.25) is 9.59 Å². The van der Waals surface area contributed by atoms with Gasteiger partial charge in [0.15, 0.2) is 0 Å². The lowest BCUT2D eigenvalue weighted by molar-refractivity contribution is -0.141. The normalized spacial score (nSPS) is 25.2. The van der Waals surface area contributed by atoms with Crippen molar-refractivity contribution in [1.29, 1.82) is 0 Å². The van der Waals surface area contributed by atoms with Gasteiger partial charge in [0.2, 0.25) is 0 Å². The van der Waals surface area contributed by atoms with Crippen LogP contribution in [0.15, 0.2) is 6.07 Å². The van der Waals surface area contributed by atoms with Gasteiger partial charge in [-0.05, 0) is 43.1 Å². The number of hydrogen-bond donors (Lipinski definition) is 2. The molecule has 20 heavy (non-hydrogen) atoms. The van der Waals surface area contributed by atoms with Gasteiger partial charge in [-0.2, -0.15) is 11.8 Å². The number of nitrogens with one attached hydrogen (secondary N) is 1. The molecule has 0 spiro atoms. The Hall–Kier alpha value is -1.01. The predicted molar refractivity (Wildman–Crippen MR) is 80.4 cm³/mol. The van der Waals surface area contributed by atoms with Gasteiger partial charge in [-0.15, -0.1) is 11.3 Å². The van der Waals surface area contributed by atoms with Crippen LogP contribution in [0, 0.1) is 5.92 Å². The molecular weight excluding hydrogens is 294 g/mol. The lowest BCUT2D eigenvalue weighted by atomic mass is 10.1. The fourth-order valence-corrected chi connectivity index (χ4v) is 5.13. The molecule has 1 saturated carbocycles. The maximum Gasteiger partial charge on any atom is 0.306 e. The zero-order valence-electron chi connectivity index (χ0n) is 11.1. The van der Waals surface area contributed by atoms with E-state index in [0.29, 0.717) is 12.8 Å². The zero-order valence-corrected chi connectivity index (χ0v) is 12.7. The first-order chi connectivity index (χ1) is 9.63. The Morgan fingerprint density at radius 2 is 2.20 bits per heavy atom. The molecule has 2 N–H and O–H groups in total. The highest BCUT2D eigenvalue weighted by atomic mass is 32.2. The van der Waals surface area contributed by atoms with Crippen LogP contribution in [-0.2, 0) is 17.0 Å². The lowest BCUT2D eigenvalue weighted by Gasteiger charge is -2.11. The van der Waals surface area contributed by atoms with Crippen LogP contribution >= 0.6 is 23.1 Å². The molecule has 2 aliphatic rings. The molecule has 2 atom stereocenters. The Balaban J connectivity index is 1.62. The molecule has 4 nitrogen and oxygen atoms in total. The fourth-order valence-electron chi connectivity index (χ4n) is 2.85. The summed E-state index contributed by atoms with van der Waals surface area (Å²) in [6.07, 6.45) is 3.05. The molecule has 0 aromatic carbocycles. The quantitative estimate of drug-likeness (QED) is 0.900. The third kappa shape index (κ3) is 2.86. The fraction of sp³-hybridized carbons (Fsp3) is 0.571. The van der Waals surface area contributed by atoms with Crippen LogP contribution in [-0.4, -0.2) is 28.8 Å². The average molecular weight is 311 g/mol. The number of thioether (sulfide) groups is 1. The molecule has 1 aromatic rings. The highest BCUT2D eigenvalue weighted by Gasteiger charge is 2.31. The van der Waals surface area contributed by atoms with Crippen LogP contribution in [0.4, 0.5) is 0 Å². The number of hydrogen-bond acceptors (Lipinski definition) is 4. The van der Waals surface area contributed by atoms with Crippen LogP contribution < -0.4 is 5.32 Å². The van der Waals surface area contributed by atoms with E-state index in [9.17, 15) is 9.59 Å². The van der Waals surface area contributed by atoms with E-state index in [1.807, 2.05) is 17.8 Å². The Labute approximate surface area is 125 Å². The van der Waals surface area contributed by atoms with E-state index in [1.165, 1.54) is 10.4 Å². The Bertz CT molecular complexity index is 517. The van der Waals surface area contributed by atoms with E-state index in [4.69, 9.17) is 5.11 Å². The summed E-state index contributed by atoms with van der Waals surface area (Å²) in [5.41, 5.74) is 1.30. The maximum absolute atomic E-state index is 12.2. The van der Waals surface area contributed by atoms with E-state index in [-0.39, 0.29) is 17.9 Å². The van der Waals surface area contributed by atoms with E-state index < -0.39 is 5.97 Å². The number of aliphatic carboxylic acids is 1. The van der Waals surface area contributed by atoms with Crippen molar-refractivity contribution < 1.29 is 14.7 Å². The van der Waals surface area contributed by atoms with Crippen LogP contribution in [0.2, 0.25) is 0 Å². The summed E-state index contributed by atoms with van der Waals surface area (Å²) in [4.78, 5) is 25.3. The second-order valence-corrected chi connectivity index (χ2v) is 7.62. The molecule has 108 valence electrons. The number of thiophene rings is 1. The van der Waals surface area contributed by atoms with Gasteiger partial charge in [0.1, 0.15) is 0 Å². The summed E-state index contributed by atoms with van der Waals surface area (Å²) in [5, 5.41) is 12.0. The summed E-state index contributed by atoms with van der Waals surface area (Å²) in [5.74, 6) is 1.06. The smallest absolute Gasteiger partial charge is 0.306 e. The predicted octanol–water partition coefficient (Wildman–Crippen LogP) is 2.52.